The van der Waals surface area contributed by atoms with Gasteiger partial charge in [-0.2, -0.15) is 0 Å². The van der Waals surface area contributed by atoms with Crippen molar-refractivity contribution < 1.29 is 19.1 Å². The van der Waals surface area contributed by atoms with Crippen molar-refractivity contribution >= 4 is 23.9 Å². The number of nitrogens with zero attached hydrogens (tertiary/aromatic N) is 1. The first-order chi connectivity index (χ1) is 12.8. The number of esters is 1. The lowest BCUT2D eigenvalue weighted by Gasteiger charge is -2.46. The molecule has 3 atom stereocenters. The van der Waals surface area contributed by atoms with Crippen LogP contribution in [0.1, 0.15) is 45.6 Å². The van der Waals surface area contributed by atoms with Crippen molar-refractivity contribution in [2.75, 3.05) is 6.54 Å². The van der Waals surface area contributed by atoms with E-state index < -0.39 is 0 Å². The Labute approximate surface area is 160 Å². The smallest absolute Gasteiger partial charge is 0.331 e. The first kappa shape index (κ1) is 19.3. The third kappa shape index (κ3) is 4.29. The Bertz CT molecular complexity index is 753. The molecule has 1 saturated carbocycles. The highest BCUT2D eigenvalue weighted by Gasteiger charge is 2.49. The predicted octanol–water partition coefficient (Wildman–Crippen LogP) is 3.44. The van der Waals surface area contributed by atoms with E-state index in [1.165, 1.54) is 17.9 Å². The molecule has 0 spiro atoms. The maximum Gasteiger partial charge on any atom is 0.331 e. The van der Waals surface area contributed by atoms with Gasteiger partial charge in [0.2, 0.25) is 11.8 Å². The maximum absolute atomic E-state index is 12.5. The second-order valence-electron chi connectivity index (χ2n) is 8.22. The van der Waals surface area contributed by atoms with E-state index in [2.05, 4.69) is 13.8 Å². The standard InChI is InChI=1S/C22H27NO4/c1-15(24)23-14-18-12-19(11-17(13-20(23)25)22(18,2)3)27-21(26)10-9-16-7-5-4-6-8-16/h4-10,17-19H,11-14H2,1-3H3/b10-9+/t17-,18+,19-/m0/s1. The Morgan fingerprint density at radius 3 is 2.48 bits per heavy atom. The van der Waals surface area contributed by atoms with Crippen LogP contribution < -0.4 is 0 Å². The molecule has 1 saturated heterocycles. The van der Waals surface area contributed by atoms with Gasteiger partial charge in [-0.1, -0.05) is 44.2 Å². The van der Waals surface area contributed by atoms with Crippen LogP contribution in [0.25, 0.3) is 6.08 Å². The van der Waals surface area contributed by atoms with Crippen LogP contribution in [0.3, 0.4) is 0 Å². The van der Waals surface area contributed by atoms with E-state index in [9.17, 15) is 14.4 Å². The molecule has 2 bridgehead atoms. The fraction of sp³-hybridized carbons (Fsp3) is 0.500. The second-order valence-corrected chi connectivity index (χ2v) is 8.22. The number of carbonyl (C=O) groups excluding carboxylic acids is 3. The summed E-state index contributed by atoms with van der Waals surface area (Å²) >= 11 is 0. The summed E-state index contributed by atoms with van der Waals surface area (Å²) in [7, 11) is 0. The molecule has 1 aliphatic heterocycles. The number of amides is 2. The van der Waals surface area contributed by atoms with E-state index in [0.29, 0.717) is 25.8 Å². The highest BCUT2D eigenvalue weighted by atomic mass is 16.5. The lowest BCUT2D eigenvalue weighted by Crippen LogP contribution is -2.45. The number of rotatable bonds is 3. The molecule has 1 aromatic carbocycles. The highest BCUT2D eigenvalue weighted by Crippen LogP contribution is 2.49. The SMILES string of the molecule is CC(=O)N1C[C@H]2C[C@@H](OC(=O)/C=C/c3ccccc3)C[C@@H](CC1=O)C2(C)C. The van der Waals surface area contributed by atoms with Gasteiger partial charge in [0.25, 0.3) is 0 Å². The summed E-state index contributed by atoms with van der Waals surface area (Å²) in [4.78, 5) is 37.9. The molecule has 0 aromatic heterocycles. The zero-order valence-electron chi connectivity index (χ0n) is 16.2. The molecule has 1 heterocycles. The van der Waals surface area contributed by atoms with E-state index >= 15 is 0 Å². The average Bonchev–Trinajstić information content (AvgIpc) is 2.67. The Hall–Kier alpha value is -2.43. The Morgan fingerprint density at radius 1 is 1.15 bits per heavy atom. The Kier molecular flexibility index (Phi) is 5.49. The van der Waals surface area contributed by atoms with Gasteiger partial charge in [0, 0.05) is 26.0 Å². The minimum atomic E-state index is -0.366. The average molecular weight is 369 g/mol. The second kappa shape index (κ2) is 7.67. The molecule has 1 aliphatic carbocycles. The number of carbonyl (C=O) groups is 3. The summed E-state index contributed by atoms with van der Waals surface area (Å²) in [6.07, 6.45) is 4.63. The van der Waals surface area contributed by atoms with Gasteiger partial charge in [-0.25, -0.2) is 4.79 Å². The number of fused-ring (bicyclic) bond motifs is 2. The Balaban J connectivity index is 1.69. The van der Waals surface area contributed by atoms with Gasteiger partial charge < -0.3 is 4.74 Å². The number of hydrogen-bond donors (Lipinski definition) is 0. The van der Waals surface area contributed by atoms with Gasteiger partial charge >= 0.3 is 5.97 Å². The van der Waals surface area contributed by atoms with Gasteiger partial charge in [-0.15, -0.1) is 0 Å². The quantitative estimate of drug-likeness (QED) is 0.605. The molecule has 27 heavy (non-hydrogen) atoms. The molecule has 5 nitrogen and oxygen atoms in total. The predicted molar refractivity (Wildman–Crippen MR) is 102 cm³/mol. The topological polar surface area (TPSA) is 63.7 Å². The first-order valence-corrected chi connectivity index (χ1v) is 9.52. The van der Waals surface area contributed by atoms with Crippen molar-refractivity contribution in [1.29, 1.82) is 0 Å². The number of benzene rings is 1. The molecule has 0 radical (unpaired) electrons. The molecule has 1 aromatic rings. The normalized spacial score (nSPS) is 27.3. The van der Waals surface area contributed by atoms with Crippen molar-refractivity contribution in [3.8, 4) is 0 Å². The van der Waals surface area contributed by atoms with Crippen molar-refractivity contribution in [1.82, 2.24) is 4.90 Å². The number of ether oxygens (including phenoxy) is 1. The monoisotopic (exact) mass is 369 g/mol. The van der Waals surface area contributed by atoms with Gasteiger partial charge in [-0.05, 0) is 41.7 Å². The molecule has 2 amide bonds. The van der Waals surface area contributed by atoms with E-state index in [4.69, 9.17) is 4.74 Å². The van der Waals surface area contributed by atoms with Crippen LogP contribution in [0.5, 0.6) is 0 Å². The van der Waals surface area contributed by atoms with Crippen LogP contribution in [-0.2, 0) is 19.1 Å². The molecule has 2 fully saturated rings. The summed E-state index contributed by atoms with van der Waals surface area (Å²) in [5.41, 5.74) is 0.874. The highest BCUT2D eigenvalue weighted by molar-refractivity contribution is 5.94. The summed E-state index contributed by atoms with van der Waals surface area (Å²) in [5, 5.41) is 0. The van der Waals surface area contributed by atoms with Crippen molar-refractivity contribution in [2.45, 2.75) is 46.1 Å². The first-order valence-electron chi connectivity index (χ1n) is 9.52. The molecule has 5 heteroatoms. The maximum atomic E-state index is 12.5. The van der Waals surface area contributed by atoms with E-state index in [0.717, 1.165) is 5.56 Å². The van der Waals surface area contributed by atoms with Gasteiger partial charge in [0.1, 0.15) is 6.10 Å². The zero-order valence-corrected chi connectivity index (χ0v) is 16.2. The zero-order chi connectivity index (χ0) is 19.6. The molecule has 0 unspecified atom stereocenters. The van der Waals surface area contributed by atoms with Gasteiger partial charge in [-0.3, -0.25) is 14.5 Å². The van der Waals surface area contributed by atoms with Crippen LogP contribution in [-0.4, -0.2) is 35.3 Å². The third-order valence-corrected chi connectivity index (χ3v) is 6.20. The van der Waals surface area contributed by atoms with Crippen LogP contribution in [0.2, 0.25) is 0 Å². The van der Waals surface area contributed by atoms with Crippen LogP contribution in [0.4, 0.5) is 0 Å². The summed E-state index contributed by atoms with van der Waals surface area (Å²) in [5.74, 6) is -0.455. The van der Waals surface area contributed by atoms with Crippen molar-refractivity contribution in [3.05, 3.63) is 42.0 Å². The minimum absolute atomic E-state index is 0.0668. The van der Waals surface area contributed by atoms with E-state index in [-0.39, 0.29) is 41.1 Å². The summed E-state index contributed by atoms with van der Waals surface area (Å²) in [6, 6.07) is 9.59. The molecule has 2 aliphatic rings. The Morgan fingerprint density at radius 2 is 1.81 bits per heavy atom. The van der Waals surface area contributed by atoms with Crippen molar-refractivity contribution in [2.24, 2.45) is 17.3 Å². The van der Waals surface area contributed by atoms with Crippen LogP contribution in [0, 0.1) is 17.3 Å². The molecule has 3 rings (SSSR count). The summed E-state index contributed by atoms with van der Waals surface area (Å²) < 4.78 is 5.69. The molecule has 144 valence electrons. The number of hydrogen-bond acceptors (Lipinski definition) is 4. The van der Waals surface area contributed by atoms with E-state index in [1.54, 1.807) is 6.08 Å². The summed E-state index contributed by atoms with van der Waals surface area (Å²) in [6.45, 7) is 6.16. The fourth-order valence-corrected chi connectivity index (χ4v) is 4.30. The molecule has 0 N–H and O–H groups in total. The lowest BCUT2D eigenvalue weighted by molar-refractivity contribution is -0.150. The van der Waals surface area contributed by atoms with Crippen LogP contribution in [0.15, 0.2) is 36.4 Å². The fourth-order valence-electron chi connectivity index (χ4n) is 4.30. The number of likely N-dealkylation sites (tertiary alicyclic amines) is 1. The van der Waals surface area contributed by atoms with Crippen molar-refractivity contribution in [3.63, 3.8) is 0 Å². The van der Waals surface area contributed by atoms with Crippen LogP contribution >= 0.6 is 0 Å². The molecular formula is C22H27NO4. The lowest BCUT2D eigenvalue weighted by atomic mass is 9.61. The van der Waals surface area contributed by atoms with E-state index in [1.807, 2.05) is 30.3 Å². The molecular weight excluding hydrogens is 342 g/mol. The minimum Gasteiger partial charge on any atom is -0.459 e. The van der Waals surface area contributed by atoms with Gasteiger partial charge in [0.15, 0.2) is 0 Å². The third-order valence-electron chi connectivity index (χ3n) is 6.20. The largest absolute Gasteiger partial charge is 0.459 e. The number of imide groups is 1. The van der Waals surface area contributed by atoms with Gasteiger partial charge in [0.05, 0.1) is 0 Å².